The van der Waals surface area contributed by atoms with Crippen LogP contribution >= 0.6 is 0 Å². The molecule has 0 radical (unpaired) electrons. The monoisotopic (exact) mass is 274 g/mol. The molecular weight excluding hydrogens is 248 g/mol. The summed E-state index contributed by atoms with van der Waals surface area (Å²) in [6.07, 6.45) is 5.91. The van der Waals surface area contributed by atoms with Crippen LogP contribution < -0.4 is 10.2 Å². The lowest BCUT2D eigenvalue weighted by Gasteiger charge is -2.38. The lowest BCUT2D eigenvalue weighted by atomic mass is 9.95. The van der Waals surface area contributed by atoms with Gasteiger partial charge in [0.1, 0.15) is 5.82 Å². The predicted molar refractivity (Wildman–Crippen MR) is 83.2 cm³/mol. The van der Waals surface area contributed by atoms with Crippen molar-refractivity contribution in [2.75, 3.05) is 44.2 Å². The molecule has 0 amide bonds. The average molecular weight is 274 g/mol. The second-order valence-electron chi connectivity index (χ2n) is 5.79. The molecule has 0 bridgehead atoms. The van der Waals surface area contributed by atoms with Gasteiger partial charge in [-0.15, -0.1) is 0 Å². The SMILES string of the molecule is CCN1CCCC[C@@H]1c1cccnc1N1CCNCC1. The Morgan fingerprint density at radius 2 is 2.10 bits per heavy atom. The molecule has 2 fully saturated rings. The summed E-state index contributed by atoms with van der Waals surface area (Å²) >= 11 is 0. The smallest absolute Gasteiger partial charge is 0.133 e. The molecule has 3 heterocycles. The highest BCUT2D eigenvalue weighted by Gasteiger charge is 2.27. The largest absolute Gasteiger partial charge is 0.354 e. The lowest BCUT2D eigenvalue weighted by Crippen LogP contribution is -2.45. The van der Waals surface area contributed by atoms with E-state index in [9.17, 15) is 0 Å². The van der Waals surface area contributed by atoms with E-state index in [1.54, 1.807) is 0 Å². The third-order valence-electron chi connectivity index (χ3n) is 4.61. The number of anilines is 1. The highest BCUT2D eigenvalue weighted by molar-refractivity contribution is 5.49. The maximum absolute atomic E-state index is 4.72. The average Bonchev–Trinajstić information content (AvgIpc) is 2.55. The van der Waals surface area contributed by atoms with E-state index in [2.05, 4.69) is 34.2 Å². The fourth-order valence-electron chi connectivity index (χ4n) is 3.53. The summed E-state index contributed by atoms with van der Waals surface area (Å²) < 4.78 is 0. The van der Waals surface area contributed by atoms with Gasteiger partial charge < -0.3 is 10.2 Å². The van der Waals surface area contributed by atoms with Crippen molar-refractivity contribution in [1.29, 1.82) is 0 Å². The zero-order valence-corrected chi connectivity index (χ0v) is 12.5. The van der Waals surface area contributed by atoms with Crippen LogP contribution in [-0.4, -0.2) is 49.2 Å². The number of piperidine rings is 1. The van der Waals surface area contributed by atoms with E-state index < -0.39 is 0 Å². The summed E-state index contributed by atoms with van der Waals surface area (Å²) in [4.78, 5) is 9.79. The van der Waals surface area contributed by atoms with Gasteiger partial charge in [-0.25, -0.2) is 4.98 Å². The van der Waals surface area contributed by atoms with E-state index in [0.29, 0.717) is 6.04 Å². The van der Waals surface area contributed by atoms with Gasteiger partial charge in [0.15, 0.2) is 0 Å². The molecule has 0 unspecified atom stereocenters. The summed E-state index contributed by atoms with van der Waals surface area (Å²) in [5.74, 6) is 1.22. The molecule has 0 saturated carbocycles. The first-order chi connectivity index (χ1) is 9.90. The van der Waals surface area contributed by atoms with Gasteiger partial charge in [-0.1, -0.05) is 19.4 Å². The number of likely N-dealkylation sites (tertiary alicyclic amines) is 1. The van der Waals surface area contributed by atoms with Crippen LogP contribution in [0.2, 0.25) is 0 Å². The number of piperazine rings is 1. The normalized spacial score (nSPS) is 24.9. The van der Waals surface area contributed by atoms with Crippen LogP contribution in [0, 0.1) is 0 Å². The van der Waals surface area contributed by atoms with Crippen molar-refractivity contribution < 1.29 is 0 Å². The van der Waals surface area contributed by atoms with Gasteiger partial charge in [0.25, 0.3) is 0 Å². The number of pyridine rings is 1. The predicted octanol–water partition coefficient (Wildman–Crippen LogP) is 2.04. The van der Waals surface area contributed by atoms with Crippen molar-refractivity contribution in [3.8, 4) is 0 Å². The maximum Gasteiger partial charge on any atom is 0.133 e. The molecule has 1 aromatic heterocycles. The van der Waals surface area contributed by atoms with E-state index in [1.165, 1.54) is 37.2 Å². The molecule has 3 rings (SSSR count). The van der Waals surface area contributed by atoms with Gasteiger partial charge in [0, 0.05) is 44.0 Å². The molecular formula is C16H26N4. The number of hydrogen-bond donors (Lipinski definition) is 1. The summed E-state index contributed by atoms with van der Waals surface area (Å²) in [7, 11) is 0. The van der Waals surface area contributed by atoms with Crippen molar-refractivity contribution in [3.05, 3.63) is 23.9 Å². The van der Waals surface area contributed by atoms with Gasteiger partial charge in [-0.05, 0) is 32.0 Å². The Morgan fingerprint density at radius 1 is 1.25 bits per heavy atom. The molecule has 1 aromatic rings. The van der Waals surface area contributed by atoms with Crippen LogP contribution in [0.3, 0.4) is 0 Å². The number of nitrogens with zero attached hydrogens (tertiary/aromatic N) is 3. The minimum absolute atomic E-state index is 0.562. The van der Waals surface area contributed by atoms with Crippen molar-refractivity contribution in [2.45, 2.75) is 32.2 Å². The Balaban J connectivity index is 1.87. The molecule has 110 valence electrons. The number of aromatic nitrogens is 1. The molecule has 2 aliphatic rings. The minimum atomic E-state index is 0.562. The highest BCUT2D eigenvalue weighted by Crippen LogP contribution is 2.35. The van der Waals surface area contributed by atoms with Crippen LogP contribution in [0.25, 0.3) is 0 Å². The van der Waals surface area contributed by atoms with Gasteiger partial charge in [-0.3, -0.25) is 4.90 Å². The fourth-order valence-corrected chi connectivity index (χ4v) is 3.53. The Kier molecular flexibility index (Phi) is 4.53. The zero-order valence-electron chi connectivity index (χ0n) is 12.5. The Labute approximate surface area is 122 Å². The molecule has 1 atom stereocenters. The molecule has 0 aromatic carbocycles. The van der Waals surface area contributed by atoms with Gasteiger partial charge in [0.05, 0.1) is 0 Å². The first kappa shape index (κ1) is 13.8. The van der Waals surface area contributed by atoms with Gasteiger partial charge in [0.2, 0.25) is 0 Å². The molecule has 0 aliphatic carbocycles. The minimum Gasteiger partial charge on any atom is -0.354 e. The van der Waals surface area contributed by atoms with Crippen LogP contribution in [0.5, 0.6) is 0 Å². The lowest BCUT2D eigenvalue weighted by molar-refractivity contribution is 0.157. The van der Waals surface area contributed by atoms with E-state index in [1.807, 2.05) is 6.20 Å². The van der Waals surface area contributed by atoms with Gasteiger partial charge in [-0.2, -0.15) is 0 Å². The second kappa shape index (κ2) is 6.55. The number of rotatable bonds is 3. The van der Waals surface area contributed by atoms with Crippen molar-refractivity contribution in [2.24, 2.45) is 0 Å². The molecule has 4 nitrogen and oxygen atoms in total. The second-order valence-corrected chi connectivity index (χ2v) is 5.79. The summed E-state index contributed by atoms with van der Waals surface area (Å²) in [6, 6.07) is 4.96. The van der Waals surface area contributed by atoms with Crippen LogP contribution in [0.4, 0.5) is 5.82 Å². The van der Waals surface area contributed by atoms with Gasteiger partial charge >= 0.3 is 0 Å². The molecule has 0 spiro atoms. The molecule has 1 N–H and O–H groups in total. The number of nitrogens with one attached hydrogen (secondary N) is 1. The Bertz CT molecular complexity index is 428. The topological polar surface area (TPSA) is 31.4 Å². The quantitative estimate of drug-likeness (QED) is 0.914. The summed E-state index contributed by atoms with van der Waals surface area (Å²) in [5.41, 5.74) is 1.44. The summed E-state index contributed by atoms with van der Waals surface area (Å²) in [5, 5.41) is 3.42. The summed E-state index contributed by atoms with van der Waals surface area (Å²) in [6.45, 7) is 8.93. The third-order valence-corrected chi connectivity index (χ3v) is 4.61. The standard InChI is InChI=1S/C16H26N4/c1-2-19-11-4-3-7-15(19)14-6-5-8-18-16(14)20-12-9-17-10-13-20/h5-6,8,15,17H,2-4,7,9-13H2,1H3/t15-/m1/s1. The van der Waals surface area contributed by atoms with E-state index in [0.717, 1.165) is 32.7 Å². The van der Waals surface area contributed by atoms with E-state index >= 15 is 0 Å². The highest BCUT2D eigenvalue weighted by atomic mass is 15.2. The zero-order chi connectivity index (χ0) is 13.8. The molecule has 2 aliphatic heterocycles. The Morgan fingerprint density at radius 3 is 2.90 bits per heavy atom. The molecule has 2 saturated heterocycles. The third kappa shape index (κ3) is 2.81. The number of hydrogen-bond acceptors (Lipinski definition) is 4. The molecule has 20 heavy (non-hydrogen) atoms. The Hall–Kier alpha value is -1.13. The maximum atomic E-state index is 4.72. The van der Waals surface area contributed by atoms with Crippen molar-refractivity contribution >= 4 is 5.82 Å². The van der Waals surface area contributed by atoms with E-state index in [-0.39, 0.29) is 0 Å². The van der Waals surface area contributed by atoms with Crippen LogP contribution in [-0.2, 0) is 0 Å². The van der Waals surface area contributed by atoms with Crippen LogP contribution in [0.1, 0.15) is 37.8 Å². The van der Waals surface area contributed by atoms with E-state index in [4.69, 9.17) is 4.98 Å². The van der Waals surface area contributed by atoms with Crippen LogP contribution in [0.15, 0.2) is 18.3 Å². The van der Waals surface area contributed by atoms with Crippen molar-refractivity contribution in [3.63, 3.8) is 0 Å². The molecule has 4 heteroatoms. The fraction of sp³-hybridized carbons (Fsp3) is 0.688. The first-order valence-corrected chi connectivity index (χ1v) is 8.05. The first-order valence-electron chi connectivity index (χ1n) is 8.05. The van der Waals surface area contributed by atoms with Crippen molar-refractivity contribution in [1.82, 2.24) is 15.2 Å².